The molecule has 1 saturated heterocycles. The maximum absolute atomic E-state index is 12.7. The number of carbonyl (C=O) groups excluding carboxylic acids is 2. The van der Waals surface area contributed by atoms with Crippen molar-refractivity contribution in [2.24, 2.45) is 5.73 Å². The van der Waals surface area contributed by atoms with Crippen LogP contribution in [-0.4, -0.2) is 40.0 Å². The molecule has 0 radical (unpaired) electrons. The number of aromatic nitrogens is 2. The summed E-state index contributed by atoms with van der Waals surface area (Å²) in [5, 5.41) is 14.1. The zero-order chi connectivity index (χ0) is 23.5. The highest BCUT2D eigenvalue weighted by molar-refractivity contribution is 6.01. The first-order valence-corrected chi connectivity index (χ1v) is 11.4. The second-order valence-corrected chi connectivity index (χ2v) is 8.44. The Morgan fingerprint density at radius 2 is 1.41 bits per heavy atom. The molecular weight excluding hydrogens is 426 g/mol. The summed E-state index contributed by atoms with van der Waals surface area (Å²) in [7, 11) is 0. The Labute approximate surface area is 197 Å². The lowest BCUT2D eigenvalue weighted by atomic mass is 10.0. The third-order valence-corrected chi connectivity index (χ3v) is 6.17. The number of hydrogen-bond donors (Lipinski definition) is 2. The molecule has 3 N–H and O–H groups in total. The van der Waals surface area contributed by atoms with Crippen molar-refractivity contribution in [3.8, 4) is 11.3 Å². The van der Waals surface area contributed by atoms with Crippen LogP contribution in [0.25, 0.3) is 22.0 Å². The average Bonchev–Trinajstić information content (AvgIpc) is 2.89. The Balaban J connectivity index is 1.41. The van der Waals surface area contributed by atoms with Crippen molar-refractivity contribution in [2.75, 3.05) is 18.4 Å². The summed E-state index contributed by atoms with van der Waals surface area (Å²) < 4.78 is 0. The van der Waals surface area contributed by atoms with Gasteiger partial charge in [-0.25, -0.2) is 0 Å². The minimum atomic E-state index is -0.467. The summed E-state index contributed by atoms with van der Waals surface area (Å²) in [5.74, 6) is 0.247. The van der Waals surface area contributed by atoms with Crippen molar-refractivity contribution in [3.05, 3.63) is 83.9 Å². The van der Waals surface area contributed by atoms with Gasteiger partial charge in [0.2, 0.25) is 5.91 Å². The minimum Gasteiger partial charge on any atom is -0.366 e. The molecule has 4 aromatic rings. The minimum absolute atomic E-state index is 0.0863. The van der Waals surface area contributed by atoms with Gasteiger partial charge in [0.05, 0.1) is 0 Å². The lowest BCUT2D eigenvalue weighted by molar-refractivity contribution is 0.0724. The summed E-state index contributed by atoms with van der Waals surface area (Å²) in [6, 6.07) is 22.4. The fourth-order valence-corrected chi connectivity index (χ4v) is 4.31. The zero-order valence-electron chi connectivity index (χ0n) is 18.7. The van der Waals surface area contributed by atoms with Crippen LogP contribution in [0.2, 0.25) is 0 Å². The number of anilines is 2. The Bertz CT molecular complexity index is 1340. The summed E-state index contributed by atoms with van der Waals surface area (Å²) in [5.41, 5.74) is 8.89. The Morgan fingerprint density at radius 3 is 2.09 bits per heavy atom. The quantitative estimate of drug-likeness (QED) is 0.455. The smallest absolute Gasteiger partial charge is 0.253 e. The lowest BCUT2D eigenvalue weighted by Gasteiger charge is -2.26. The predicted octanol–water partition coefficient (Wildman–Crippen LogP) is 4.77. The standard InChI is InChI=1S/C27H25N5O2/c28-25(33)19-10-8-18(9-11-19)24-22-6-2-3-7-23(22)26(31-30-24)29-21-14-12-20(13-15-21)27(34)32-16-4-1-5-17-32/h2-3,6-15H,1,4-5,16-17H2,(H2,28,33)(H,29,31). The third kappa shape index (κ3) is 4.32. The second kappa shape index (κ2) is 9.31. The molecule has 7 nitrogen and oxygen atoms in total. The first-order chi connectivity index (χ1) is 16.6. The molecule has 1 aromatic heterocycles. The van der Waals surface area contributed by atoms with E-state index in [0.717, 1.165) is 53.6 Å². The van der Waals surface area contributed by atoms with Crippen molar-refractivity contribution in [1.82, 2.24) is 15.1 Å². The maximum Gasteiger partial charge on any atom is 0.253 e. The number of nitrogens with zero attached hydrogens (tertiary/aromatic N) is 3. The van der Waals surface area contributed by atoms with E-state index in [2.05, 4.69) is 15.5 Å². The molecule has 1 aliphatic rings. The van der Waals surface area contributed by atoms with Gasteiger partial charge in [-0.1, -0.05) is 36.4 Å². The van der Waals surface area contributed by atoms with Crippen molar-refractivity contribution in [1.29, 1.82) is 0 Å². The number of amides is 2. The van der Waals surface area contributed by atoms with Gasteiger partial charge in [0.25, 0.3) is 5.91 Å². The number of likely N-dealkylation sites (tertiary alicyclic amines) is 1. The van der Waals surface area contributed by atoms with Gasteiger partial charge in [-0.05, 0) is 55.7 Å². The van der Waals surface area contributed by atoms with Gasteiger partial charge >= 0.3 is 0 Å². The van der Waals surface area contributed by atoms with Crippen LogP contribution in [0.5, 0.6) is 0 Å². The van der Waals surface area contributed by atoms with Crippen molar-refractivity contribution < 1.29 is 9.59 Å². The molecule has 0 spiro atoms. The molecule has 5 rings (SSSR count). The molecule has 1 fully saturated rings. The van der Waals surface area contributed by atoms with Gasteiger partial charge in [-0.15, -0.1) is 10.2 Å². The SMILES string of the molecule is NC(=O)c1ccc(-c2nnc(Nc3ccc(C(=O)N4CCCCC4)cc3)c3ccccc23)cc1. The van der Waals surface area contributed by atoms with E-state index >= 15 is 0 Å². The molecule has 170 valence electrons. The summed E-state index contributed by atoms with van der Waals surface area (Å²) >= 11 is 0. The Hall–Kier alpha value is -4.26. The molecule has 2 amide bonds. The molecule has 2 heterocycles. The van der Waals surface area contributed by atoms with E-state index in [0.29, 0.717) is 16.9 Å². The van der Waals surface area contributed by atoms with Gasteiger partial charge in [0.1, 0.15) is 5.69 Å². The largest absolute Gasteiger partial charge is 0.366 e. The highest BCUT2D eigenvalue weighted by atomic mass is 16.2. The van der Waals surface area contributed by atoms with E-state index in [1.807, 2.05) is 65.6 Å². The molecule has 7 heteroatoms. The molecule has 0 atom stereocenters. The fraction of sp³-hybridized carbons (Fsp3) is 0.185. The normalized spacial score (nSPS) is 13.6. The number of benzene rings is 3. The van der Waals surface area contributed by atoms with E-state index in [4.69, 9.17) is 5.73 Å². The third-order valence-electron chi connectivity index (χ3n) is 6.17. The number of rotatable bonds is 5. The van der Waals surface area contributed by atoms with E-state index in [1.54, 1.807) is 12.1 Å². The van der Waals surface area contributed by atoms with Crippen LogP contribution in [0.3, 0.4) is 0 Å². The molecule has 0 saturated carbocycles. The van der Waals surface area contributed by atoms with Crippen molar-refractivity contribution >= 4 is 34.1 Å². The Kier molecular flexibility index (Phi) is 5.91. The van der Waals surface area contributed by atoms with Crippen LogP contribution >= 0.6 is 0 Å². The molecule has 0 unspecified atom stereocenters. The molecule has 3 aromatic carbocycles. The number of hydrogen-bond acceptors (Lipinski definition) is 5. The molecular formula is C27H25N5O2. The van der Waals surface area contributed by atoms with E-state index in [9.17, 15) is 9.59 Å². The van der Waals surface area contributed by atoms with Gasteiger partial charge in [0, 0.05) is 46.2 Å². The highest BCUT2D eigenvalue weighted by Crippen LogP contribution is 2.31. The van der Waals surface area contributed by atoms with Crippen molar-refractivity contribution in [3.63, 3.8) is 0 Å². The van der Waals surface area contributed by atoms with Crippen molar-refractivity contribution in [2.45, 2.75) is 19.3 Å². The summed E-state index contributed by atoms with van der Waals surface area (Å²) in [6.45, 7) is 1.66. The summed E-state index contributed by atoms with van der Waals surface area (Å²) in [4.78, 5) is 26.0. The first kappa shape index (κ1) is 21.6. The molecule has 0 bridgehead atoms. The van der Waals surface area contributed by atoms with Gasteiger partial charge in [0.15, 0.2) is 5.82 Å². The fourth-order valence-electron chi connectivity index (χ4n) is 4.31. The van der Waals surface area contributed by atoms with E-state index < -0.39 is 5.91 Å². The Morgan fingerprint density at radius 1 is 0.765 bits per heavy atom. The zero-order valence-corrected chi connectivity index (χ0v) is 18.7. The van der Waals surface area contributed by atoms with Gasteiger partial charge in [-0.2, -0.15) is 0 Å². The average molecular weight is 452 g/mol. The number of nitrogens with one attached hydrogen (secondary N) is 1. The molecule has 34 heavy (non-hydrogen) atoms. The number of piperidine rings is 1. The van der Waals surface area contributed by atoms with Crippen LogP contribution in [-0.2, 0) is 0 Å². The van der Waals surface area contributed by atoms with Gasteiger partial charge in [-0.3, -0.25) is 9.59 Å². The number of fused-ring (bicyclic) bond motifs is 1. The first-order valence-electron chi connectivity index (χ1n) is 11.4. The van der Waals surface area contributed by atoms with Crippen LogP contribution < -0.4 is 11.1 Å². The lowest BCUT2D eigenvalue weighted by Crippen LogP contribution is -2.35. The van der Waals surface area contributed by atoms with Crippen LogP contribution in [0.4, 0.5) is 11.5 Å². The van der Waals surface area contributed by atoms with Crippen LogP contribution in [0.1, 0.15) is 40.0 Å². The van der Waals surface area contributed by atoms with Crippen LogP contribution in [0.15, 0.2) is 72.8 Å². The number of primary amides is 1. The maximum atomic E-state index is 12.7. The van der Waals surface area contributed by atoms with Gasteiger partial charge < -0.3 is 16.0 Å². The molecule has 0 aliphatic carbocycles. The topological polar surface area (TPSA) is 101 Å². The summed E-state index contributed by atoms with van der Waals surface area (Å²) in [6.07, 6.45) is 3.34. The highest BCUT2D eigenvalue weighted by Gasteiger charge is 2.18. The number of nitrogens with two attached hydrogens (primary N) is 1. The number of carbonyl (C=O) groups is 2. The van der Waals surface area contributed by atoms with E-state index in [-0.39, 0.29) is 5.91 Å². The van der Waals surface area contributed by atoms with E-state index in [1.165, 1.54) is 6.42 Å². The predicted molar refractivity (Wildman–Crippen MR) is 133 cm³/mol. The monoisotopic (exact) mass is 451 g/mol. The second-order valence-electron chi connectivity index (χ2n) is 8.44. The van der Waals surface area contributed by atoms with Crippen LogP contribution in [0, 0.1) is 0 Å². The molecule has 1 aliphatic heterocycles.